The summed E-state index contributed by atoms with van der Waals surface area (Å²) in [7, 11) is 0. The first-order chi connectivity index (χ1) is 8.51. The Balaban J connectivity index is 2.46. The van der Waals surface area contributed by atoms with Crippen LogP contribution in [0.4, 0.5) is 5.82 Å². The van der Waals surface area contributed by atoms with Crippen molar-refractivity contribution in [2.45, 2.75) is 6.92 Å². The number of hydrogen-bond acceptors (Lipinski definition) is 6. The summed E-state index contributed by atoms with van der Waals surface area (Å²) in [5, 5.41) is 2.17. The second-order valence-corrected chi connectivity index (χ2v) is 4.10. The number of carbonyl (C=O) groups is 3. The molecule has 1 aromatic heterocycles. The lowest BCUT2D eigenvalue weighted by Crippen LogP contribution is -2.52. The van der Waals surface area contributed by atoms with Crippen molar-refractivity contribution >= 4 is 35.5 Å². The SMILES string of the molecule is Cc1nc(Cl)c(C=O)c(N2CC(=O)NC(=O)C2)n1. The number of aryl methyl sites for hydroxylation is 1. The van der Waals surface area contributed by atoms with E-state index in [0.29, 0.717) is 12.1 Å². The van der Waals surface area contributed by atoms with E-state index >= 15 is 0 Å². The van der Waals surface area contributed by atoms with Crippen molar-refractivity contribution in [1.82, 2.24) is 15.3 Å². The van der Waals surface area contributed by atoms with Crippen molar-refractivity contribution < 1.29 is 14.4 Å². The van der Waals surface area contributed by atoms with E-state index in [0.717, 1.165) is 0 Å². The lowest BCUT2D eigenvalue weighted by molar-refractivity contribution is -0.130. The molecule has 2 amide bonds. The maximum Gasteiger partial charge on any atom is 0.246 e. The van der Waals surface area contributed by atoms with E-state index in [1.54, 1.807) is 6.92 Å². The van der Waals surface area contributed by atoms with Gasteiger partial charge in [0.25, 0.3) is 0 Å². The summed E-state index contributed by atoms with van der Waals surface area (Å²) in [5.41, 5.74) is 0.0739. The molecule has 7 nitrogen and oxygen atoms in total. The fourth-order valence-corrected chi connectivity index (χ4v) is 1.91. The van der Waals surface area contributed by atoms with Gasteiger partial charge in [0, 0.05) is 0 Å². The smallest absolute Gasteiger partial charge is 0.246 e. The van der Waals surface area contributed by atoms with Crippen molar-refractivity contribution in [2.24, 2.45) is 0 Å². The van der Waals surface area contributed by atoms with Gasteiger partial charge in [-0.1, -0.05) is 11.6 Å². The van der Waals surface area contributed by atoms with Crippen LogP contribution in [0.2, 0.25) is 5.15 Å². The molecule has 1 aliphatic heterocycles. The number of anilines is 1. The molecule has 1 aromatic rings. The van der Waals surface area contributed by atoms with Crippen LogP contribution in [0.15, 0.2) is 0 Å². The fraction of sp³-hybridized carbons (Fsp3) is 0.300. The molecule has 2 rings (SSSR count). The van der Waals surface area contributed by atoms with E-state index in [-0.39, 0.29) is 29.6 Å². The van der Waals surface area contributed by atoms with Gasteiger partial charge in [0.05, 0.1) is 18.7 Å². The third-order valence-corrected chi connectivity index (χ3v) is 2.64. The largest absolute Gasteiger partial charge is 0.337 e. The van der Waals surface area contributed by atoms with Crippen LogP contribution in [0.1, 0.15) is 16.2 Å². The Morgan fingerprint density at radius 1 is 1.28 bits per heavy atom. The molecule has 0 aliphatic carbocycles. The zero-order valence-electron chi connectivity index (χ0n) is 9.44. The summed E-state index contributed by atoms with van der Waals surface area (Å²) in [6, 6.07) is 0. The molecule has 0 atom stereocenters. The first-order valence-electron chi connectivity index (χ1n) is 5.08. The van der Waals surface area contributed by atoms with Gasteiger partial charge in [-0.3, -0.25) is 19.7 Å². The maximum atomic E-state index is 11.3. The van der Waals surface area contributed by atoms with Gasteiger partial charge in [-0.25, -0.2) is 9.97 Å². The normalized spacial score (nSPS) is 15.6. The van der Waals surface area contributed by atoms with Crippen molar-refractivity contribution in [2.75, 3.05) is 18.0 Å². The van der Waals surface area contributed by atoms with Crippen molar-refractivity contribution in [3.05, 3.63) is 16.5 Å². The molecule has 0 aromatic carbocycles. The Hall–Kier alpha value is -2.02. The first kappa shape index (κ1) is 12.4. The predicted molar refractivity (Wildman–Crippen MR) is 62.5 cm³/mol. The summed E-state index contributed by atoms with van der Waals surface area (Å²) in [4.78, 5) is 42.9. The number of halogens is 1. The Morgan fingerprint density at radius 3 is 2.44 bits per heavy atom. The molecule has 0 saturated carbocycles. The molecular weight excluding hydrogens is 260 g/mol. The lowest BCUT2D eigenvalue weighted by Gasteiger charge is -2.27. The second kappa shape index (κ2) is 4.69. The maximum absolute atomic E-state index is 11.3. The first-order valence-corrected chi connectivity index (χ1v) is 5.46. The molecule has 1 N–H and O–H groups in total. The molecule has 0 spiro atoms. The minimum absolute atomic E-state index is 0.00549. The highest BCUT2D eigenvalue weighted by Crippen LogP contribution is 2.23. The third kappa shape index (κ3) is 2.30. The average Bonchev–Trinajstić information content (AvgIpc) is 2.26. The Kier molecular flexibility index (Phi) is 3.24. The highest BCUT2D eigenvalue weighted by molar-refractivity contribution is 6.32. The van der Waals surface area contributed by atoms with Gasteiger partial charge in [0.15, 0.2) is 6.29 Å². The van der Waals surface area contributed by atoms with E-state index in [9.17, 15) is 14.4 Å². The molecule has 1 fully saturated rings. The Labute approximate surface area is 107 Å². The summed E-state index contributed by atoms with van der Waals surface area (Å²) in [6.45, 7) is 1.49. The number of aldehydes is 1. The summed E-state index contributed by atoms with van der Waals surface area (Å²) < 4.78 is 0. The molecule has 8 heteroatoms. The van der Waals surface area contributed by atoms with Crippen LogP contribution < -0.4 is 10.2 Å². The average molecular weight is 269 g/mol. The number of nitrogens with zero attached hydrogens (tertiary/aromatic N) is 3. The number of hydrogen-bond donors (Lipinski definition) is 1. The topological polar surface area (TPSA) is 92.3 Å². The summed E-state index contributed by atoms with van der Waals surface area (Å²) in [5.74, 6) is -0.337. The van der Waals surface area contributed by atoms with Gasteiger partial charge in [-0.15, -0.1) is 0 Å². The van der Waals surface area contributed by atoms with Gasteiger partial charge in [0.1, 0.15) is 16.8 Å². The molecule has 94 valence electrons. The standard InChI is InChI=1S/C10H9ClN4O3/c1-5-12-9(11)6(4-16)10(13-5)15-2-7(17)14-8(18)3-15/h4H,2-3H2,1H3,(H,14,17,18). The third-order valence-electron chi connectivity index (χ3n) is 2.36. The molecule has 0 unspecified atom stereocenters. The molecular formula is C10H9ClN4O3. The van der Waals surface area contributed by atoms with Crippen LogP contribution in [0.3, 0.4) is 0 Å². The van der Waals surface area contributed by atoms with Gasteiger partial charge < -0.3 is 4.90 Å². The minimum atomic E-state index is -0.449. The molecule has 1 aliphatic rings. The molecule has 2 heterocycles. The summed E-state index contributed by atoms with van der Waals surface area (Å²) in [6.07, 6.45) is 0.508. The highest BCUT2D eigenvalue weighted by atomic mass is 35.5. The van der Waals surface area contributed by atoms with Gasteiger partial charge in [0.2, 0.25) is 11.8 Å². The second-order valence-electron chi connectivity index (χ2n) is 3.74. The van der Waals surface area contributed by atoms with E-state index in [2.05, 4.69) is 15.3 Å². The van der Waals surface area contributed by atoms with Crippen LogP contribution in [-0.4, -0.2) is 41.2 Å². The number of imide groups is 1. The number of piperazine rings is 1. The Bertz CT molecular complexity index is 530. The highest BCUT2D eigenvalue weighted by Gasteiger charge is 2.26. The zero-order valence-corrected chi connectivity index (χ0v) is 10.2. The molecule has 0 radical (unpaired) electrons. The number of nitrogens with one attached hydrogen (secondary N) is 1. The predicted octanol–water partition coefficient (Wildman–Crippen LogP) is -0.286. The summed E-state index contributed by atoms with van der Waals surface area (Å²) >= 11 is 5.83. The zero-order chi connectivity index (χ0) is 13.3. The number of carbonyl (C=O) groups excluding carboxylic acids is 3. The van der Waals surface area contributed by atoms with Crippen molar-refractivity contribution in [3.63, 3.8) is 0 Å². The monoisotopic (exact) mass is 268 g/mol. The van der Waals surface area contributed by atoms with E-state index < -0.39 is 11.8 Å². The number of aromatic nitrogens is 2. The number of amides is 2. The van der Waals surface area contributed by atoms with E-state index in [4.69, 9.17) is 11.6 Å². The van der Waals surface area contributed by atoms with Gasteiger partial charge in [-0.05, 0) is 6.92 Å². The minimum Gasteiger partial charge on any atom is -0.337 e. The number of rotatable bonds is 2. The van der Waals surface area contributed by atoms with E-state index in [1.807, 2.05) is 0 Å². The van der Waals surface area contributed by atoms with Crippen LogP contribution in [0.5, 0.6) is 0 Å². The molecule has 18 heavy (non-hydrogen) atoms. The van der Waals surface area contributed by atoms with Crippen LogP contribution in [-0.2, 0) is 9.59 Å². The lowest BCUT2D eigenvalue weighted by atomic mass is 10.2. The van der Waals surface area contributed by atoms with E-state index in [1.165, 1.54) is 4.90 Å². The van der Waals surface area contributed by atoms with Crippen LogP contribution >= 0.6 is 11.6 Å². The molecule has 0 bridgehead atoms. The quantitative estimate of drug-likeness (QED) is 0.450. The Morgan fingerprint density at radius 2 is 1.89 bits per heavy atom. The van der Waals surface area contributed by atoms with Gasteiger partial charge in [-0.2, -0.15) is 0 Å². The fourth-order valence-electron chi connectivity index (χ4n) is 1.66. The van der Waals surface area contributed by atoms with Crippen LogP contribution in [0, 0.1) is 6.92 Å². The van der Waals surface area contributed by atoms with Crippen molar-refractivity contribution in [1.29, 1.82) is 0 Å². The van der Waals surface area contributed by atoms with Crippen LogP contribution in [0.25, 0.3) is 0 Å². The van der Waals surface area contributed by atoms with Gasteiger partial charge >= 0.3 is 0 Å². The van der Waals surface area contributed by atoms with Crippen molar-refractivity contribution in [3.8, 4) is 0 Å². The molecule has 1 saturated heterocycles.